The highest BCUT2D eigenvalue weighted by atomic mass is 15.1. The Kier molecular flexibility index (Phi) is 4.61. The normalized spacial score (nSPS) is 16.8. The summed E-state index contributed by atoms with van der Waals surface area (Å²) in [5.74, 6) is 2.03. The maximum absolute atomic E-state index is 4.49. The van der Waals surface area contributed by atoms with E-state index in [2.05, 4.69) is 41.4 Å². The van der Waals surface area contributed by atoms with Crippen LogP contribution < -0.4 is 10.6 Å². The number of nitrogens with zero attached hydrogens (tertiary/aromatic N) is 2. The minimum absolute atomic E-state index is 0.278. The Labute approximate surface area is 116 Å². The van der Waals surface area contributed by atoms with Crippen molar-refractivity contribution in [2.24, 2.45) is 0 Å². The van der Waals surface area contributed by atoms with E-state index in [4.69, 9.17) is 0 Å². The van der Waals surface area contributed by atoms with Crippen LogP contribution in [-0.4, -0.2) is 22.1 Å². The first kappa shape index (κ1) is 14.1. The van der Waals surface area contributed by atoms with Crippen LogP contribution in [0.5, 0.6) is 0 Å². The van der Waals surface area contributed by atoms with Crippen LogP contribution in [0, 0.1) is 0 Å². The summed E-state index contributed by atoms with van der Waals surface area (Å²) < 4.78 is 0. The van der Waals surface area contributed by atoms with Crippen molar-refractivity contribution in [3.8, 4) is 0 Å². The lowest BCUT2D eigenvalue weighted by Gasteiger charge is -2.43. The van der Waals surface area contributed by atoms with Gasteiger partial charge in [-0.25, -0.2) is 9.97 Å². The molecule has 0 radical (unpaired) electrons. The summed E-state index contributed by atoms with van der Waals surface area (Å²) >= 11 is 0. The van der Waals surface area contributed by atoms with Gasteiger partial charge < -0.3 is 10.6 Å². The highest BCUT2D eigenvalue weighted by Crippen LogP contribution is 2.38. The lowest BCUT2D eigenvalue weighted by Crippen LogP contribution is -2.44. The first-order chi connectivity index (χ1) is 9.24. The molecule has 1 fully saturated rings. The smallest absolute Gasteiger partial charge is 0.135 e. The average Bonchev–Trinajstić information content (AvgIpc) is 2.37. The summed E-state index contributed by atoms with van der Waals surface area (Å²) in [5, 5.41) is 7.05. The van der Waals surface area contributed by atoms with Gasteiger partial charge in [-0.05, 0) is 39.0 Å². The lowest BCUT2D eigenvalue weighted by molar-refractivity contribution is 0.268. The highest BCUT2D eigenvalue weighted by Gasteiger charge is 2.35. The molecule has 2 rings (SSSR count). The molecule has 0 aromatic carbocycles. The van der Waals surface area contributed by atoms with Gasteiger partial charge in [-0.1, -0.05) is 20.3 Å². The predicted molar refractivity (Wildman–Crippen MR) is 80.7 cm³/mol. The fraction of sp³-hybridized carbons (Fsp3) is 0.733. The Morgan fingerprint density at radius 2 is 1.89 bits per heavy atom. The van der Waals surface area contributed by atoms with E-state index in [9.17, 15) is 0 Å². The standard InChI is InChI=1S/C15H26N4/c1-4-8-12-13(16-6-3)17-11-18-14(12)19-15(5-2)9-7-10-15/h11H,4-10H2,1-3H3,(H2,16,17,18,19). The zero-order chi connectivity index (χ0) is 13.7. The monoisotopic (exact) mass is 262 g/mol. The summed E-state index contributed by atoms with van der Waals surface area (Å²) in [7, 11) is 0. The Morgan fingerprint density at radius 1 is 1.16 bits per heavy atom. The van der Waals surface area contributed by atoms with Crippen LogP contribution in [0.1, 0.15) is 58.4 Å². The molecule has 4 nitrogen and oxygen atoms in total. The number of hydrogen-bond donors (Lipinski definition) is 2. The van der Waals surface area contributed by atoms with E-state index >= 15 is 0 Å². The van der Waals surface area contributed by atoms with E-state index in [1.165, 1.54) is 31.2 Å². The molecule has 0 amide bonds. The molecule has 1 aliphatic carbocycles. The molecule has 2 N–H and O–H groups in total. The van der Waals surface area contributed by atoms with Crippen molar-refractivity contribution in [3.05, 3.63) is 11.9 Å². The Balaban J connectivity index is 2.25. The Bertz CT molecular complexity index is 407. The zero-order valence-electron chi connectivity index (χ0n) is 12.4. The summed E-state index contributed by atoms with van der Waals surface area (Å²) in [4.78, 5) is 8.88. The van der Waals surface area contributed by atoms with Crippen LogP contribution >= 0.6 is 0 Å². The molecule has 4 heteroatoms. The minimum atomic E-state index is 0.278. The summed E-state index contributed by atoms with van der Waals surface area (Å²) in [6, 6.07) is 0. The second kappa shape index (κ2) is 6.22. The van der Waals surface area contributed by atoms with Gasteiger partial charge in [0, 0.05) is 17.6 Å². The van der Waals surface area contributed by atoms with Crippen LogP contribution in [0.3, 0.4) is 0 Å². The molecule has 0 saturated heterocycles. The van der Waals surface area contributed by atoms with E-state index in [-0.39, 0.29) is 5.54 Å². The molecule has 0 bridgehead atoms. The number of nitrogens with one attached hydrogen (secondary N) is 2. The molecule has 1 saturated carbocycles. The fourth-order valence-corrected chi connectivity index (χ4v) is 2.75. The molecule has 1 aliphatic rings. The molecular formula is C15H26N4. The Morgan fingerprint density at radius 3 is 2.42 bits per heavy atom. The first-order valence-electron chi connectivity index (χ1n) is 7.60. The zero-order valence-corrected chi connectivity index (χ0v) is 12.4. The van der Waals surface area contributed by atoms with E-state index < -0.39 is 0 Å². The van der Waals surface area contributed by atoms with E-state index in [1.807, 2.05) is 0 Å². The van der Waals surface area contributed by atoms with E-state index in [1.54, 1.807) is 6.33 Å². The molecule has 19 heavy (non-hydrogen) atoms. The number of hydrogen-bond acceptors (Lipinski definition) is 4. The molecule has 1 heterocycles. The molecule has 0 atom stereocenters. The van der Waals surface area contributed by atoms with Crippen LogP contribution in [0.25, 0.3) is 0 Å². The van der Waals surface area contributed by atoms with Crippen LogP contribution in [0.2, 0.25) is 0 Å². The average molecular weight is 262 g/mol. The fourth-order valence-electron chi connectivity index (χ4n) is 2.75. The van der Waals surface area contributed by atoms with Crippen LogP contribution in [0.4, 0.5) is 11.6 Å². The van der Waals surface area contributed by atoms with Gasteiger partial charge in [0.2, 0.25) is 0 Å². The molecule has 1 aromatic rings. The lowest BCUT2D eigenvalue weighted by atomic mass is 9.75. The third-order valence-electron chi connectivity index (χ3n) is 4.16. The maximum atomic E-state index is 4.49. The highest BCUT2D eigenvalue weighted by molar-refractivity contribution is 5.58. The van der Waals surface area contributed by atoms with Gasteiger partial charge >= 0.3 is 0 Å². The maximum Gasteiger partial charge on any atom is 0.135 e. The number of rotatable bonds is 7. The molecule has 0 spiro atoms. The molecule has 1 aromatic heterocycles. The molecular weight excluding hydrogens is 236 g/mol. The predicted octanol–water partition coefficient (Wildman–Crippen LogP) is 3.61. The summed E-state index contributed by atoms with van der Waals surface area (Å²) in [6.45, 7) is 7.46. The largest absolute Gasteiger partial charge is 0.370 e. The van der Waals surface area contributed by atoms with Gasteiger partial charge in [-0.3, -0.25) is 0 Å². The molecule has 106 valence electrons. The summed E-state index contributed by atoms with van der Waals surface area (Å²) in [5.41, 5.74) is 1.52. The van der Waals surface area contributed by atoms with Crippen molar-refractivity contribution in [1.82, 2.24) is 9.97 Å². The SMILES string of the molecule is CCCc1c(NCC)ncnc1NC1(CC)CCC1. The minimum Gasteiger partial charge on any atom is -0.370 e. The van der Waals surface area contributed by atoms with Gasteiger partial charge in [-0.2, -0.15) is 0 Å². The van der Waals surface area contributed by atoms with E-state index in [0.29, 0.717) is 0 Å². The first-order valence-corrected chi connectivity index (χ1v) is 7.60. The quantitative estimate of drug-likeness (QED) is 0.788. The topological polar surface area (TPSA) is 49.8 Å². The number of aromatic nitrogens is 2. The second-order valence-electron chi connectivity index (χ2n) is 5.44. The van der Waals surface area contributed by atoms with Gasteiger partial charge in [0.15, 0.2) is 0 Å². The molecule has 0 aliphatic heterocycles. The van der Waals surface area contributed by atoms with Gasteiger partial charge in [0.05, 0.1) is 0 Å². The third kappa shape index (κ3) is 2.99. The second-order valence-corrected chi connectivity index (χ2v) is 5.44. The van der Waals surface area contributed by atoms with Crippen molar-refractivity contribution in [1.29, 1.82) is 0 Å². The van der Waals surface area contributed by atoms with Crippen molar-refractivity contribution in [2.45, 2.75) is 64.8 Å². The van der Waals surface area contributed by atoms with Crippen molar-refractivity contribution >= 4 is 11.6 Å². The third-order valence-corrected chi connectivity index (χ3v) is 4.16. The number of anilines is 2. The summed E-state index contributed by atoms with van der Waals surface area (Å²) in [6.07, 6.45) is 8.81. The van der Waals surface area contributed by atoms with Crippen molar-refractivity contribution < 1.29 is 0 Å². The van der Waals surface area contributed by atoms with Gasteiger partial charge in [-0.15, -0.1) is 0 Å². The van der Waals surface area contributed by atoms with Crippen molar-refractivity contribution in [3.63, 3.8) is 0 Å². The Hall–Kier alpha value is -1.32. The van der Waals surface area contributed by atoms with E-state index in [0.717, 1.165) is 31.0 Å². The van der Waals surface area contributed by atoms with Crippen molar-refractivity contribution in [2.75, 3.05) is 17.2 Å². The van der Waals surface area contributed by atoms with Gasteiger partial charge in [0.1, 0.15) is 18.0 Å². The van der Waals surface area contributed by atoms with Crippen LogP contribution in [-0.2, 0) is 6.42 Å². The molecule has 0 unspecified atom stereocenters. The van der Waals surface area contributed by atoms with Crippen LogP contribution in [0.15, 0.2) is 6.33 Å². The van der Waals surface area contributed by atoms with Gasteiger partial charge in [0.25, 0.3) is 0 Å².